The van der Waals surface area contributed by atoms with Gasteiger partial charge in [0, 0.05) is 17.0 Å². The molecule has 1 unspecified atom stereocenters. The molecule has 1 aromatic heterocycles. The summed E-state index contributed by atoms with van der Waals surface area (Å²) in [4.78, 5) is 0. The SMILES string of the molecule is c1ccc(CCNC2CCc3cccc(-c4cc5ccccc5o4)c3C2)cc1. The molecule has 0 spiro atoms. The number of furan rings is 1. The van der Waals surface area contributed by atoms with Gasteiger partial charge in [0.25, 0.3) is 0 Å². The molecule has 1 N–H and O–H groups in total. The van der Waals surface area contributed by atoms with E-state index < -0.39 is 0 Å². The number of para-hydroxylation sites is 1. The van der Waals surface area contributed by atoms with Crippen molar-refractivity contribution in [1.82, 2.24) is 5.32 Å². The number of aryl methyl sites for hydroxylation is 1. The summed E-state index contributed by atoms with van der Waals surface area (Å²) in [5.41, 5.74) is 6.53. The summed E-state index contributed by atoms with van der Waals surface area (Å²) in [6, 6.07) is 28.3. The number of rotatable bonds is 5. The molecule has 140 valence electrons. The lowest BCUT2D eigenvalue weighted by Gasteiger charge is -2.27. The molecule has 3 aromatic carbocycles. The second-order valence-corrected chi connectivity index (χ2v) is 7.72. The van der Waals surface area contributed by atoms with Gasteiger partial charge < -0.3 is 9.73 Å². The highest BCUT2D eigenvalue weighted by atomic mass is 16.3. The number of hydrogen-bond donors (Lipinski definition) is 1. The first-order valence-electron chi connectivity index (χ1n) is 10.2. The van der Waals surface area contributed by atoms with Gasteiger partial charge in [0.1, 0.15) is 11.3 Å². The second-order valence-electron chi connectivity index (χ2n) is 7.72. The summed E-state index contributed by atoms with van der Waals surface area (Å²) >= 11 is 0. The largest absolute Gasteiger partial charge is 0.456 e. The molecule has 1 heterocycles. The molecule has 0 saturated heterocycles. The first-order chi connectivity index (χ1) is 13.9. The Morgan fingerprint density at radius 3 is 2.64 bits per heavy atom. The third-order valence-electron chi connectivity index (χ3n) is 5.87. The fourth-order valence-corrected chi connectivity index (χ4v) is 4.37. The maximum absolute atomic E-state index is 6.17. The van der Waals surface area contributed by atoms with Crippen molar-refractivity contribution >= 4 is 11.0 Å². The van der Waals surface area contributed by atoms with Gasteiger partial charge >= 0.3 is 0 Å². The third kappa shape index (κ3) is 3.48. The van der Waals surface area contributed by atoms with Crippen LogP contribution in [0.4, 0.5) is 0 Å². The topological polar surface area (TPSA) is 25.2 Å². The zero-order valence-electron chi connectivity index (χ0n) is 16.0. The molecule has 1 aliphatic rings. The number of fused-ring (bicyclic) bond motifs is 2. The van der Waals surface area contributed by atoms with E-state index in [0.717, 1.165) is 37.2 Å². The molecular formula is C26H25NO. The van der Waals surface area contributed by atoms with Crippen molar-refractivity contribution < 1.29 is 4.42 Å². The third-order valence-corrected chi connectivity index (χ3v) is 5.87. The van der Waals surface area contributed by atoms with E-state index in [9.17, 15) is 0 Å². The van der Waals surface area contributed by atoms with Crippen molar-refractivity contribution in [3.8, 4) is 11.3 Å². The zero-order chi connectivity index (χ0) is 18.8. The molecule has 0 bridgehead atoms. The average molecular weight is 367 g/mol. The fraction of sp³-hybridized carbons (Fsp3) is 0.231. The van der Waals surface area contributed by atoms with E-state index in [1.807, 2.05) is 12.1 Å². The quantitative estimate of drug-likeness (QED) is 0.483. The van der Waals surface area contributed by atoms with Gasteiger partial charge in [-0.3, -0.25) is 0 Å². The molecule has 2 nitrogen and oxygen atoms in total. The number of benzene rings is 3. The summed E-state index contributed by atoms with van der Waals surface area (Å²) in [5.74, 6) is 0.989. The summed E-state index contributed by atoms with van der Waals surface area (Å²) < 4.78 is 6.17. The van der Waals surface area contributed by atoms with E-state index in [-0.39, 0.29) is 0 Å². The van der Waals surface area contributed by atoms with Crippen LogP contribution in [0.1, 0.15) is 23.1 Å². The van der Waals surface area contributed by atoms with Crippen LogP contribution in [0.5, 0.6) is 0 Å². The molecule has 4 aromatic rings. The van der Waals surface area contributed by atoms with Crippen LogP contribution < -0.4 is 5.32 Å². The van der Waals surface area contributed by atoms with Gasteiger partial charge in [-0.2, -0.15) is 0 Å². The predicted octanol–water partition coefficient (Wildman–Crippen LogP) is 5.79. The molecule has 0 aliphatic heterocycles. The predicted molar refractivity (Wildman–Crippen MR) is 116 cm³/mol. The summed E-state index contributed by atoms with van der Waals surface area (Å²) in [5, 5.41) is 4.96. The van der Waals surface area contributed by atoms with Gasteiger partial charge in [-0.05, 0) is 61.1 Å². The lowest BCUT2D eigenvalue weighted by atomic mass is 9.84. The van der Waals surface area contributed by atoms with Crippen molar-refractivity contribution in [1.29, 1.82) is 0 Å². The van der Waals surface area contributed by atoms with Gasteiger partial charge in [-0.15, -0.1) is 0 Å². The smallest absolute Gasteiger partial charge is 0.135 e. The summed E-state index contributed by atoms with van der Waals surface area (Å²) in [6.45, 7) is 1.02. The monoisotopic (exact) mass is 367 g/mol. The Bertz CT molecular complexity index is 1050. The maximum Gasteiger partial charge on any atom is 0.135 e. The van der Waals surface area contributed by atoms with Crippen molar-refractivity contribution in [3.63, 3.8) is 0 Å². The van der Waals surface area contributed by atoms with Gasteiger partial charge in [0.2, 0.25) is 0 Å². The Hall–Kier alpha value is -2.84. The molecule has 1 atom stereocenters. The highest BCUT2D eigenvalue weighted by Gasteiger charge is 2.22. The van der Waals surface area contributed by atoms with E-state index in [1.165, 1.54) is 34.1 Å². The van der Waals surface area contributed by atoms with E-state index in [1.54, 1.807) is 0 Å². The van der Waals surface area contributed by atoms with Gasteiger partial charge in [-0.1, -0.05) is 66.7 Å². The second kappa shape index (κ2) is 7.65. The molecule has 28 heavy (non-hydrogen) atoms. The highest BCUT2D eigenvalue weighted by Crippen LogP contribution is 2.34. The van der Waals surface area contributed by atoms with Crippen LogP contribution >= 0.6 is 0 Å². The zero-order valence-corrected chi connectivity index (χ0v) is 16.0. The molecule has 0 amide bonds. The molecule has 0 radical (unpaired) electrons. The maximum atomic E-state index is 6.17. The van der Waals surface area contributed by atoms with Gasteiger partial charge in [0.15, 0.2) is 0 Å². The molecule has 5 rings (SSSR count). The van der Waals surface area contributed by atoms with Crippen LogP contribution in [0.25, 0.3) is 22.3 Å². The van der Waals surface area contributed by atoms with Crippen LogP contribution in [0.3, 0.4) is 0 Å². The summed E-state index contributed by atoms with van der Waals surface area (Å²) in [6.07, 6.45) is 4.48. The van der Waals surface area contributed by atoms with E-state index in [0.29, 0.717) is 6.04 Å². The van der Waals surface area contributed by atoms with E-state index in [2.05, 4.69) is 72.0 Å². The van der Waals surface area contributed by atoms with Crippen molar-refractivity contribution in [2.24, 2.45) is 0 Å². The minimum absolute atomic E-state index is 0.529. The Morgan fingerprint density at radius 1 is 0.893 bits per heavy atom. The van der Waals surface area contributed by atoms with Gasteiger partial charge in [-0.25, -0.2) is 0 Å². The Kier molecular flexibility index (Phi) is 4.72. The Labute approximate surface area is 166 Å². The minimum Gasteiger partial charge on any atom is -0.456 e. The normalized spacial score (nSPS) is 16.2. The standard InChI is InChI=1S/C26H25NO/c1-2-7-19(8-3-1)15-16-27-22-14-13-20-10-6-11-23(24(20)18-22)26-17-21-9-4-5-12-25(21)28-26/h1-12,17,22,27H,13-16,18H2. The van der Waals surface area contributed by atoms with Crippen molar-refractivity contribution in [3.05, 3.63) is 95.6 Å². The van der Waals surface area contributed by atoms with Crippen LogP contribution in [0.2, 0.25) is 0 Å². The Morgan fingerprint density at radius 2 is 1.75 bits per heavy atom. The molecule has 0 saturated carbocycles. The molecule has 1 aliphatic carbocycles. The minimum atomic E-state index is 0.529. The molecule has 0 fully saturated rings. The lowest BCUT2D eigenvalue weighted by molar-refractivity contribution is 0.461. The van der Waals surface area contributed by atoms with Crippen molar-refractivity contribution in [2.45, 2.75) is 31.7 Å². The molecular weight excluding hydrogens is 342 g/mol. The fourth-order valence-electron chi connectivity index (χ4n) is 4.37. The Balaban J connectivity index is 1.34. The van der Waals surface area contributed by atoms with Crippen LogP contribution in [0, 0.1) is 0 Å². The van der Waals surface area contributed by atoms with E-state index in [4.69, 9.17) is 4.42 Å². The van der Waals surface area contributed by atoms with Crippen LogP contribution in [-0.2, 0) is 19.3 Å². The van der Waals surface area contributed by atoms with Crippen LogP contribution in [-0.4, -0.2) is 12.6 Å². The van der Waals surface area contributed by atoms with Gasteiger partial charge in [0.05, 0.1) is 0 Å². The molecule has 2 heteroatoms. The number of nitrogens with one attached hydrogen (secondary N) is 1. The summed E-state index contributed by atoms with van der Waals surface area (Å²) in [7, 11) is 0. The first-order valence-corrected chi connectivity index (χ1v) is 10.2. The highest BCUT2D eigenvalue weighted by molar-refractivity contribution is 5.83. The lowest BCUT2D eigenvalue weighted by Crippen LogP contribution is -2.36. The average Bonchev–Trinajstić information content (AvgIpc) is 3.18. The van der Waals surface area contributed by atoms with Crippen molar-refractivity contribution in [2.75, 3.05) is 6.54 Å². The van der Waals surface area contributed by atoms with Crippen LogP contribution in [0.15, 0.2) is 83.3 Å². The number of hydrogen-bond acceptors (Lipinski definition) is 2. The van der Waals surface area contributed by atoms with E-state index >= 15 is 0 Å². The first kappa shape index (κ1) is 17.3.